The van der Waals surface area contributed by atoms with Gasteiger partial charge < -0.3 is 13.6 Å². The molecule has 0 atom stereocenters. The third-order valence-electron chi connectivity index (χ3n) is 10.3. The van der Waals surface area contributed by atoms with Gasteiger partial charge in [0.05, 0.1) is 33.4 Å². The largest absolute Gasteiger partial charge is 0.454 e. The highest BCUT2D eigenvalue weighted by Crippen LogP contribution is 2.41. The molecule has 0 N–H and O–H groups in total. The molecule has 49 heavy (non-hydrogen) atoms. The van der Waals surface area contributed by atoms with Gasteiger partial charge in [-0.15, -0.1) is 0 Å². The van der Waals surface area contributed by atoms with Crippen molar-refractivity contribution in [3.05, 3.63) is 170 Å². The first-order valence-corrected chi connectivity index (χ1v) is 16.8. The molecule has 8 aromatic carbocycles. The summed E-state index contributed by atoms with van der Waals surface area (Å²) in [6.45, 7) is 0. The zero-order valence-corrected chi connectivity index (χ0v) is 26.5. The molecule has 3 aromatic heterocycles. The minimum atomic E-state index is 0.902. The Kier molecular flexibility index (Phi) is 5.38. The third-order valence-corrected chi connectivity index (χ3v) is 10.3. The van der Waals surface area contributed by atoms with Crippen LogP contribution in [0.2, 0.25) is 0 Å². The monoisotopic (exact) mass is 624 g/mol. The summed E-state index contributed by atoms with van der Waals surface area (Å²) >= 11 is 0. The lowest BCUT2D eigenvalue weighted by molar-refractivity contribution is 0.666. The molecule has 0 radical (unpaired) electrons. The molecular weight excluding hydrogens is 597 g/mol. The molecule has 11 aromatic rings. The van der Waals surface area contributed by atoms with E-state index in [9.17, 15) is 0 Å². The second-order valence-electron chi connectivity index (χ2n) is 12.9. The van der Waals surface area contributed by atoms with Crippen LogP contribution in [0.1, 0.15) is 0 Å². The van der Waals surface area contributed by atoms with Crippen molar-refractivity contribution in [2.75, 3.05) is 0 Å². The minimum absolute atomic E-state index is 0.902. The molecule has 0 aliphatic rings. The standard InChI is InChI=1S/C46H28N2O/c1-2-13-32-29(11-1)12-9-20-39(32)47-41-19-7-4-15-34(41)38-27-30(24-26-42(38)47)31-23-25-35-33-14-3-6-18-40(33)48(44(35)28-31)43-21-10-17-37-36-16-5-8-22-45(36)49-46(37)43/h1-28H. The van der Waals surface area contributed by atoms with Crippen LogP contribution in [0.25, 0.3) is 98.8 Å². The van der Waals surface area contributed by atoms with E-state index in [1.807, 2.05) is 6.07 Å². The molecule has 0 fully saturated rings. The normalized spacial score (nSPS) is 12.1. The Morgan fingerprint density at radius 1 is 0.327 bits per heavy atom. The summed E-state index contributed by atoms with van der Waals surface area (Å²) in [5, 5.41) is 9.69. The Bertz CT molecular complexity index is 3110. The maximum Gasteiger partial charge on any atom is 0.159 e. The van der Waals surface area contributed by atoms with Gasteiger partial charge in [-0.1, -0.05) is 121 Å². The van der Waals surface area contributed by atoms with Crippen LogP contribution in [-0.4, -0.2) is 9.13 Å². The summed E-state index contributed by atoms with van der Waals surface area (Å²) in [7, 11) is 0. The van der Waals surface area contributed by atoms with Crippen LogP contribution in [0.3, 0.4) is 0 Å². The Labute approximate surface area is 281 Å². The predicted molar refractivity (Wildman–Crippen MR) is 205 cm³/mol. The number of fused-ring (bicyclic) bond motifs is 10. The highest BCUT2D eigenvalue weighted by molar-refractivity contribution is 6.14. The van der Waals surface area contributed by atoms with Crippen molar-refractivity contribution < 1.29 is 4.42 Å². The number of benzene rings is 8. The first-order valence-electron chi connectivity index (χ1n) is 16.8. The van der Waals surface area contributed by atoms with Crippen molar-refractivity contribution in [2.24, 2.45) is 0 Å². The summed E-state index contributed by atoms with van der Waals surface area (Å²) in [6.07, 6.45) is 0. The fourth-order valence-electron chi connectivity index (χ4n) is 8.13. The number of nitrogens with zero attached hydrogens (tertiary/aromatic N) is 2. The maximum atomic E-state index is 6.55. The summed E-state index contributed by atoms with van der Waals surface area (Å²) in [6, 6.07) is 61.3. The second kappa shape index (κ2) is 9.96. The molecule has 0 aliphatic carbocycles. The average Bonchev–Trinajstić information content (AvgIpc) is 3.82. The van der Waals surface area contributed by atoms with Crippen molar-refractivity contribution >= 4 is 76.3 Å². The number of hydrogen-bond donors (Lipinski definition) is 0. The maximum absolute atomic E-state index is 6.55. The molecular formula is C46H28N2O. The van der Waals surface area contributed by atoms with Crippen molar-refractivity contribution in [2.45, 2.75) is 0 Å². The van der Waals surface area contributed by atoms with Crippen molar-refractivity contribution in [3.63, 3.8) is 0 Å². The number of hydrogen-bond acceptors (Lipinski definition) is 1. The molecule has 0 saturated heterocycles. The van der Waals surface area contributed by atoms with E-state index in [4.69, 9.17) is 4.42 Å². The lowest BCUT2D eigenvalue weighted by Gasteiger charge is -2.12. The van der Waals surface area contributed by atoms with Gasteiger partial charge in [0.1, 0.15) is 5.58 Å². The fraction of sp³-hybridized carbons (Fsp3) is 0. The Morgan fingerprint density at radius 3 is 1.73 bits per heavy atom. The molecule has 0 saturated carbocycles. The molecule has 3 heteroatoms. The first-order chi connectivity index (χ1) is 24.3. The lowest BCUT2D eigenvalue weighted by atomic mass is 10.0. The van der Waals surface area contributed by atoms with Gasteiger partial charge in [-0.25, -0.2) is 0 Å². The zero-order chi connectivity index (χ0) is 32.1. The van der Waals surface area contributed by atoms with Crippen LogP contribution in [-0.2, 0) is 0 Å². The smallest absolute Gasteiger partial charge is 0.159 e. The van der Waals surface area contributed by atoms with Crippen molar-refractivity contribution in [1.29, 1.82) is 0 Å². The summed E-state index contributed by atoms with van der Waals surface area (Å²) in [5.41, 5.74) is 11.1. The number of rotatable bonds is 3. The van der Waals surface area contributed by atoms with Crippen LogP contribution >= 0.6 is 0 Å². The average molecular weight is 625 g/mol. The second-order valence-corrected chi connectivity index (χ2v) is 12.9. The molecule has 3 nitrogen and oxygen atoms in total. The zero-order valence-electron chi connectivity index (χ0n) is 26.5. The van der Waals surface area contributed by atoms with Gasteiger partial charge in [0, 0.05) is 37.7 Å². The van der Waals surface area contributed by atoms with E-state index in [1.165, 1.54) is 60.2 Å². The predicted octanol–water partition coefficient (Wildman–Crippen LogP) is 12.6. The van der Waals surface area contributed by atoms with Gasteiger partial charge in [-0.3, -0.25) is 0 Å². The van der Waals surface area contributed by atoms with E-state index in [2.05, 4.69) is 173 Å². The van der Waals surface area contributed by atoms with E-state index in [0.717, 1.165) is 38.7 Å². The molecule has 11 rings (SSSR count). The SMILES string of the molecule is c1ccc2c(-n3c4ccccc4c4cc(-c5ccc6c7ccccc7n(-c7cccc8c7oc7ccccc78)c6c5)ccc43)cccc2c1. The Morgan fingerprint density at radius 2 is 0.878 bits per heavy atom. The Balaban J connectivity index is 1.16. The molecule has 0 unspecified atom stereocenters. The van der Waals surface area contributed by atoms with Crippen LogP contribution in [0.4, 0.5) is 0 Å². The first kappa shape index (κ1) is 26.5. The molecule has 3 heterocycles. The highest BCUT2D eigenvalue weighted by atomic mass is 16.3. The van der Waals surface area contributed by atoms with E-state index < -0.39 is 0 Å². The van der Waals surface area contributed by atoms with Gasteiger partial charge >= 0.3 is 0 Å². The summed E-state index contributed by atoms with van der Waals surface area (Å²) in [5.74, 6) is 0. The fourth-order valence-corrected chi connectivity index (χ4v) is 8.13. The van der Waals surface area contributed by atoms with E-state index in [0.29, 0.717) is 0 Å². The van der Waals surface area contributed by atoms with E-state index >= 15 is 0 Å². The lowest BCUT2D eigenvalue weighted by Crippen LogP contribution is -1.95. The van der Waals surface area contributed by atoms with Gasteiger partial charge in [0.25, 0.3) is 0 Å². The molecule has 228 valence electrons. The molecule has 0 spiro atoms. The topological polar surface area (TPSA) is 23.0 Å². The van der Waals surface area contributed by atoms with Gasteiger partial charge in [-0.2, -0.15) is 0 Å². The Hall–Kier alpha value is -6.58. The quantitative estimate of drug-likeness (QED) is 0.192. The van der Waals surface area contributed by atoms with E-state index in [1.54, 1.807) is 0 Å². The van der Waals surface area contributed by atoms with Crippen LogP contribution in [0.15, 0.2) is 174 Å². The van der Waals surface area contributed by atoms with Crippen LogP contribution in [0.5, 0.6) is 0 Å². The van der Waals surface area contributed by atoms with Crippen LogP contribution in [0, 0.1) is 0 Å². The number of aromatic nitrogens is 2. The van der Waals surface area contributed by atoms with E-state index in [-0.39, 0.29) is 0 Å². The van der Waals surface area contributed by atoms with Gasteiger partial charge in [-0.05, 0) is 65.0 Å². The van der Waals surface area contributed by atoms with Crippen molar-refractivity contribution in [3.8, 4) is 22.5 Å². The van der Waals surface area contributed by atoms with Crippen LogP contribution < -0.4 is 0 Å². The number of furan rings is 1. The third kappa shape index (κ3) is 3.73. The summed E-state index contributed by atoms with van der Waals surface area (Å²) in [4.78, 5) is 0. The minimum Gasteiger partial charge on any atom is -0.454 e. The molecule has 0 bridgehead atoms. The van der Waals surface area contributed by atoms with Gasteiger partial charge in [0.2, 0.25) is 0 Å². The van der Waals surface area contributed by atoms with Crippen molar-refractivity contribution in [1.82, 2.24) is 9.13 Å². The number of para-hydroxylation sites is 4. The molecule has 0 aliphatic heterocycles. The highest BCUT2D eigenvalue weighted by Gasteiger charge is 2.19. The summed E-state index contributed by atoms with van der Waals surface area (Å²) < 4.78 is 11.4. The molecule has 0 amide bonds. The van der Waals surface area contributed by atoms with Gasteiger partial charge in [0.15, 0.2) is 5.58 Å².